The van der Waals surface area contributed by atoms with E-state index < -0.39 is 23.5 Å². The number of ether oxygens (including phenoxy) is 2. The third-order valence-corrected chi connectivity index (χ3v) is 2.78. The van der Waals surface area contributed by atoms with Crippen LogP contribution in [0.2, 0.25) is 0 Å². The zero-order valence-corrected chi connectivity index (χ0v) is 12.3. The lowest BCUT2D eigenvalue weighted by Crippen LogP contribution is -2.49. The fraction of sp³-hybridized carbons (Fsp3) is 0.467. The Bertz CT molecular complexity index is 451. The largest absolute Gasteiger partial charge is 0.467 e. The van der Waals surface area contributed by atoms with Gasteiger partial charge in [-0.15, -0.1) is 0 Å². The zero-order chi connectivity index (χ0) is 15.2. The second kappa shape index (κ2) is 6.93. The van der Waals surface area contributed by atoms with Gasteiger partial charge in [-0.3, -0.25) is 0 Å². The average molecular weight is 279 g/mol. The summed E-state index contributed by atoms with van der Waals surface area (Å²) in [5.74, 6) is -0.492. The average Bonchev–Trinajstić information content (AvgIpc) is 2.41. The smallest absolute Gasteiger partial charge is 0.408 e. The lowest BCUT2D eigenvalue weighted by molar-refractivity contribution is -0.145. The topological polar surface area (TPSA) is 64.6 Å². The lowest BCUT2D eigenvalue weighted by atomic mass is 9.87. The molecule has 0 aliphatic heterocycles. The van der Waals surface area contributed by atoms with Gasteiger partial charge in [-0.1, -0.05) is 51.1 Å². The van der Waals surface area contributed by atoms with E-state index in [1.165, 1.54) is 7.11 Å². The van der Waals surface area contributed by atoms with E-state index in [0.717, 1.165) is 5.56 Å². The highest BCUT2D eigenvalue weighted by Gasteiger charge is 2.34. The molecule has 1 unspecified atom stereocenters. The van der Waals surface area contributed by atoms with Crippen LogP contribution in [0, 0.1) is 5.41 Å². The monoisotopic (exact) mass is 279 g/mol. The van der Waals surface area contributed by atoms with Gasteiger partial charge in [-0.25, -0.2) is 9.59 Å². The maximum atomic E-state index is 11.8. The van der Waals surface area contributed by atoms with E-state index in [1.807, 2.05) is 51.1 Å². The first-order chi connectivity index (χ1) is 9.34. The van der Waals surface area contributed by atoms with Crippen molar-refractivity contribution in [1.82, 2.24) is 5.32 Å². The number of methoxy groups -OCH3 is 1. The summed E-state index contributed by atoms with van der Waals surface area (Å²) in [6.07, 6.45) is -0.640. The van der Waals surface area contributed by atoms with Gasteiger partial charge in [0.25, 0.3) is 0 Å². The predicted molar refractivity (Wildman–Crippen MR) is 75.0 cm³/mol. The Hall–Kier alpha value is -2.04. The summed E-state index contributed by atoms with van der Waals surface area (Å²) < 4.78 is 9.78. The number of rotatable bonds is 4. The van der Waals surface area contributed by atoms with Crippen LogP contribution in [0.15, 0.2) is 30.3 Å². The normalized spacial score (nSPS) is 12.4. The third-order valence-electron chi connectivity index (χ3n) is 2.78. The summed E-state index contributed by atoms with van der Waals surface area (Å²) in [5.41, 5.74) is 0.423. The SMILES string of the molecule is COC(=O)C(NC(=O)OCc1ccccc1)C(C)(C)C. The molecular formula is C15H21NO4. The number of benzene rings is 1. The van der Waals surface area contributed by atoms with E-state index in [1.54, 1.807) is 0 Å². The number of carbonyl (C=O) groups excluding carboxylic acids is 2. The summed E-state index contributed by atoms with van der Waals surface area (Å²) in [4.78, 5) is 23.4. The molecule has 0 radical (unpaired) electrons. The fourth-order valence-electron chi connectivity index (χ4n) is 1.63. The third kappa shape index (κ3) is 4.91. The quantitative estimate of drug-likeness (QED) is 0.860. The predicted octanol–water partition coefficient (Wildman–Crippen LogP) is 2.50. The molecule has 0 bridgehead atoms. The molecule has 0 fully saturated rings. The minimum Gasteiger partial charge on any atom is -0.467 e. The number of hydrogen-bond acceptors (Lipinski definition) is 4. The van der Waals surface area contributed by atoms with Crippen LogP contribution in [0.5, 0.6) is 0 Å². The molecule has 1 rings (SSSR count). The Morgan fingerprint density at radius 2 is 1.80 bits per heavy atom. The molecule has 1 amide bonds. The van der Waals surface area contributed by atoms with Gasteiger partial charge in [-0.2, -0.15) is 0 Å². The Balaban J connectivity index is 2.57. The van der Waals surface area contributed by atoms with E-state index >= 15 is 0 Å². The zero-order valence-electron chi connectivity index (χ0n) is 12.3. The van der Waals surface area contributed by atoms with Gasteiger partial charge < -0.3 is 14.8 Å². The van der Waals surface area contributed by atoms with Crippen molar-refractivity contribution in [2.75, 3.05) is 7.11 Å². The van der Waals surface area contributed by atoms with Crippen LogP contribution in [-0.2, 0) is 20.9 Å². The molecule has 0 heterocycles. The summed E-state index contributed by atoms with van der Waals surface area (Å²) in [6.45, 7) is 5.68. The van der Waals surface area contributed by atoms with Gasteiger partial charge >= 0.3 is 12.1 Å². The summed E-state index contributed by atoms with van der Waals surface area (Å²) in [7, 11) is 1.29. The maximum absolute atomic E-state index is 11.8. The van der Waals surface area contributed by atoms with E-state index in [-0.39, 0.29) is 6.61 Å². The van der Waals surface area contributed by atoms with Crippen molar-refractivity contribution in [1.29, 1.82) is 0 Å². The van der Waals surface area contributed by atoms with Gasteiger partial charge in [0.15, 0.2) is 0 Å². The molecule has 1 atom stereocenters. The number of nitrogens with one attached hydrogen (secondary N) is 1. The Kier molecular flexibility index (Phi) is 5.55. The minimum absolute atomic E-state index is 0.157. The van der Waals surface area contributed by atoms with E-state index in [2.05, 4.69) is 5.32 Å². The van der Waals surface area contributed by atoms with Gasteiger partial charge in [-0.05, 0) is 11.0 Å². The second-order valence-electron chi connectivity index (χ2n) is 5.53. The van der Waals surface area contributed by atoms with Crippen molar-refractivity contribution < 1.29 is 19.1 Å². The molecule has 0 saturated heterocycles. The molecule has 0 aromatic heterocycles. The van der Waals surface area contributed by atoms with Crippen molar-refractivity contribution in [2.24, 2.45) is 5.41 Å². The van der Waals surface area contributed by atoms with Crippen molar-refractivity contribution in [3.63, 3.8) is 0 Å². The van der Waals surface area contributed by atoms with Gasteiger partial charge in [0.05, 0.1) is 7.11 Å². The van der Waals surface area contributed by atoms with Crippen molar-refractivity contribution in [3.05, 3.63) is 35.9 Å². The van der Waals surface area contributed by atoms with E-state index in [0.29, 0.717) is 0 Å². The first-order valence-electron chi connectivity index (χ1n) is 6.39. The van der Waals surface area contributed by atoms with Crippen LogP contribution in [0.3, 0.4) is 0 Å². The van der Waals surface area contributed by atoms with E-state index in [9.17, 15) is 9.59 Å². The fourth-order valence-corrected chi connectivity index (χ4v) is 1.63. The number of carbonyl (C=O) groups is 2. The molecule has 1 aromatic rings. The molecule has 0 spiro atoms. The number of esters is 1. The Morgan fingerprint density at radius 3 is 2.30 bits per heavy atom. The van der Waals surface area contributed by atoms with Gasteiger partial charge in [0.1, 0.15) is 12.6 Å². The second-order valence-corrected chi connectivity index (χ2v) is 5.53. The van der Waals surface area contributed by atoms with Crippen LogP contribution < -0.4 is 5.32 Å². The van der Waals surface area contributed by atoms with Crippen molar-refractivity contribution in [2.45, 2.75) is 33.4 Å². The number of hydrogen-bond donors (Lipinski definition) is 1. The van der Waals surface area contributed by atoms with Crippen LogP contribution in [0.4, 0.5) is 4.79 Å². The van der Waals surface area contributed by atoms with Crippen LogP contribution in [0.25, 0.3) is 0 Å². The first kappa shape index (κ1) is 16.0. The maximum Gasteiger partial charge on any atom is 0.408 e. The van der Waals surface area contributed by atoms with Gasteiger partial charge in [0, 0.05) is 0 Å². The van der Waals surface area contributed by atoms with Crippen LogP contribution in [-0.4, -0.2) is 25.2 Å². The molecule has 0 saturated carbocycles. The van der Waals surface area contributed by atoms with Crippen LogP contribution >= 0.6 is 0 Å². The molecule has 20 heavy (non-hydrogen) atoms. The highest BCUT2D eigenvalue weighted by molar-refractivity contribution is 5.82. The standard InChI is InChI=1S/C15H21NO4/c1-15(2,3)12(13(17)19-4)16-14(18)20-10-11-8-6-5-7-9-11/h5-9,12H,10H2,1-4H3,(H,16,18). The number of amides is 1. The van der Waals surface area contributed by atoms with E-state index in [4.69, 9.17) is 9.47 Å². The number of alkyl carbamates (subject to hydrolysis) is 1. The molecule has 5 nitrogen and oxygen atoms in total. The molecule has 5 heteroatoms. The van der Waals surface area contributed by atoms with Crippen molar-refractivity contribution >= 4 is 12.1 Å². The molecule has 1 aromatic carbocycles. The molecular weight excluding hydrogens is 258 g/mol. The highest BCUT2D eigenvalue weighted by Crippen LogP contribution is 2.20. The molecule has 110 valence electrons. The van der Waals surface area contributed by atoms with Crippen LogP contribution in [0.1, 0.15) is 26.3 Å². The minimum atomic E-state index is -0.754. The van der Waals surface area contributed by atoms with Crippen molar-refractivity contribution in [3.8, 4) is 0 Å². The summed E-state index contributed by atoms with van der Waals surface area (Å²) >= 11 is 0. The summed E-state index contributed by atoms with van der Waals surface area (Å²) in [6, 6.07) is 8.57. The Labute approximate surface area is 119 Å². The molecule has 0 aliphatic rings. The lowest BCUT2D eigenvalue weighted by Gasteiger charge is -2.28. The molecule has 0 aliphatic carbocycles. The first-order valence-corrected chi connectivity index (χ1v) is 6.39. The van der Waals surface area contributed by atoms with Gasteiger partial charge in [0.2, 0.25) is 0 Å². The highest BCUT2D eigenvalue weighted by atomic mass is 16.6. The Morgan fingerprint density at radius 1 is 1.20 bits per heavy atom. The summed E-state index contributed by atoms with van der Waals surface area (Å²) in [5, 5.41) is 2.54. The molecule has 1 N–H and O–H groups in total.